The molecule has 0 radical (unpaired) electrons. The average Bonchev–Trinajstić information content (AvgIpc) is 2.53. The van der Waals surface area contributed by atoms with Gasteiger partial charge in [0.05, 0.1) is 18.4 Å². The van der Waals surface area contributed by atoms with Gasteiger partial charge in [0.2, 0.25) is 5.91 Å². The van der Waals surface area contributed by atoms with Crippen molar-refractivity contribution >= 4 is 29.3 Å². The summed E-state index contributed by atoms with van der Waals surface area (Å²) in [6, 6.07) is 5.55. The first-order chi connectivity index (χ1) is 11.4. The van der Waals surface area contributed by atoms with Gasteiger partial charge in [-0.1, -0.05) is 11.8 Å². The minimum atomic E-state index is -0.804. The second-order valence-electron chi connectivity index (χ2n) is 4.96. The zero-order valence-electron chi connectivity index (χ0n) is 13.4. The first-order valence-corrected chi connectivity index (χ1v) is 8.00. The van der Waals surface area contributed by atoms with Crippen molar-refractivity contribution < 1.29 is 18.7 Å². The van der Waals surface area contributed by atoms with Crippen molar-refractivity contribution in [2.75, 3.05) is 18.2 Å². The van der Waals surface area contributed by atoms with E-state index in [4.69, 9.17) is 0 Å². The van der Waals surface area contributed by atoms with Crippen molar-refractivity contribution in [3.05, 3.63) is 47.0 Å². The summed E-state index contributed by atoms with van der Waals surface area (Å²) in [6.07, 6.45) is 0. The maximum absolute atomic E-state index is 13.6. The Morgan fingerprint density at radius 2 is 1.88 bits per heavy atom. The second kappa shape index (κ2) is 7.87. The van der Waals surface area contributed by atoms with Gasteiger partial charge in [-0.3, -0.25) is 4.79 Å². The van der Waals surface area contributed by atoms with Crippen LogP contribution in [0.4, 0.5) is 10.1 Å². The lowest BCUT2D eigenvalue weighted by atomic mass is 10.2. The number of esters is 1. The van der Waals surface area contributed by atoms with Crippen LogP contribution in [0.2, 0.25) is 0 Å². The summed E-state index contributed by atoms with van der Waals surface area (Å²) in [5.74, 6) is -1.74. The highest BCUT2D eigenvalue weighted by Gasteiger charge is 2.14. The fraction of sp³-hybridized carbons (Fsp3) is 0.250. The average molecular weight is 349 g/mol. The molecule has 1 aromatic heterocycles. The fourth-order valence-electron chi connectivity index (χ4n) is 1.95. The number of nitrogens with zero attached hydrogens (tertiary/aromatic N) is 2. The molecule has 0 saturated heterocycles. The molecule has 24 heavy (non-hydrogen) atoms. The van der Waals surface area contributed by atoms with Gasteiger partial charge >= 0.3 is 5.97 Å². The second-order valence-corrected chi connectivity index (χ2v) is 5.90. The van der Waals surface area contributed by atoms with Crippen LogP contribution in [0.5, 0.6) is 0 Å². The minimum Gasteiger partial charge on any atom is -0.465 e. The maximum Gasteiger partial charge on any atom is 0.340 e. The van der Waals surface area contributed by atoms with Crippen molar-refractivity contribution in [1.82, 2.24) is 9.97 Å². The van der Waals surface area contributed by atoms with E-state index < -0.39 is 11.8 Å². The lowest BCUT2D eigenvalue weighted by Gasteiger charge is -2.07. The lowest BCUT2D eigenvalue weighted by molar-refractivity contribution is -0.113. The smallest absolute Gasteiger partial charge is 0.340 e. The molecule has 1 heterocycles. The van der Waals surface area contributed by atoms with Gasteiger partial charge in [-0.05, 0) is 38.1 Å². The molecule has 0 unspecified atom stereocenters. The quantitative estimate of drug-likeness (QED) is 0.508. The first-order valence-electron chi connectivity index (χ1n) is 7.02. The fourth-order valence-corrected chi connectivity index (χ4v) is 2.70. The van der Waals surface area contributed by atoms with Crippen molar-refractivity contribution in [1.29, 1.82) is 0 Å². The Balaban J connectivity index is 2.01. The van der Waals surface area contributed by atoms with Gasteiger partial charge in [0.1, 0.15) is 5.82 Å². The number of methoxy groups -OCH3 is 1. The summed E-state index contributed by atoms with van der Waals surface area (Å²) in [5, 5.41) is 3.11. The normalized spacial score (nSPS) is 10.3. The maximum atomic E-state index is 13.6. The molecular formula is C16H16FN3O3S. The SMILES string of the molecule is COC(=O)c1cc(NC(=O)CSc2nc(C)cc(C)n2)ccc1F. The number of ether oxygens (including phenoxy) is 1. The van der Waals surface area contributed by atoms with E-state index in [1.807, 2.05) is 19.9 Å². The molecule has 0 fully saturated rings. The van der Waals surface area contributed by atoms with Gasteiger partial charge in [0, 0.05) is 17.1 Å². The topological polar surface area (TPSA) is 81.2 Å². The molecule has 0 saturated carbocycles. The first kappa shape index (κ1) is 17.9. The number of aryl methyl sites for hydroxylation is 2. The molecule has 0 bridgehead atoms. The molecule has 2 aromatic rings. The molecule has 0 spiro atoms. The van der Waals surface area contributed by atoms with Crippen molar-refractivity contribution in [3.63, 3.8) is 0 Å². The van der Waals surface area contributed by atoms with Gasteiger partial charge in [-0.25, -0.2) is 19.2 Å². The molecule has 6 nitrogen and oxygen atoms in total. The number of aromatic nitrogens is 2. The summed E-state index contributed by atoms with van der Waals surface area (Å²) in [4.78, 5) is 31.9. The van der Waals surface area contributed by atoms with Crippen LogP contribution in [-0.2, 0) is 9.53 Å². The van der Waals surface area contributed by atoms with Crippen LogP contribution in [-0.4, -0.2) is 34.7 Å². The number of hydrogen-bond acceptors (Lipinski definition) is 6. The molecule has 1 amide bonds. The predicted octanol–water partition coefficient (Wildman–Crippen LogP) is 2.75. The summed E-state index contributed by atoms with van der Waals surface area (Å²) in [7, 11) is 1.16. The molecule has 0 aliphatic rings. The zero-order chi connectivity index (χ0) is 17.7. The number of hydrogen-bond donors (Lipinski definition) is 1. The van der Waals surface area contributed by atoms with Crippen LogP contribution >= 0.6 is 11.8 Å². The number of carbonyl (C=O) groups excluding carboxylic acids is 2. The molecule has 0 aliphatic carbocycles. The molecule has 2 rings (SSSR count). The number of nitrogens with one attached hydrogen (secondary N) is 1. The number of rotatable bonds is 5. The summed E-state index contributed by atoms with van der Waals surface area (Å²) in [6.45, 7) is 3.71. The molecule has 1 aromatic carbocycles. The van der Waals surface area contributed by atoms with Gasteiger partial charge in [-0.15, -0.1) is 0 Å². The Hall–Kier alpha value is -2.48. The Kier molecular flexibility index (Phi) is 5.86. The van der Waals surface area contributed by atoms with Crippen molar-refractivity contribution in [2.24, 2.45) is 0 Å². The van der Waals surface area contributed by atoms with Gasteiger partial charge in [0.25, 0.3) is 0 Å². The molecular weight excluding hydrogens is 333 g/mol. The summed E-state index contributed by atoms with van der Waals surface area (Å²) in [5.41, 5.74) is 1.72. The number of benzene rings is 1. The zero-order valence-corrected chi connectivity index (χ0v) is 14.2. The van der Waals surface area contributed by atoms with E-state index >= 15 is 0 Å². The van der Waals surface area contributed by atoms with E-state index in [9.17, 15) is 14.0 Å². The van der Waals surface area contributed by atoms with E-state index in [1.165, 1.54) is 23.9 Å². The lowest BCUT2D eigenvalue weighted by Crippen LogP contribution is -2.15. The van der Waals surface area contributed by atoms with Gasteiger partial charge in [0.15, 0.2) is 5.16 Å². The highest BCUT2D eigenvalue weighted by atomic mass is 32.2. The Bertz CT molecular complexity index is 763. The number of anilines is 1. The highest BCUT2D eigenvalue weighted by molar-refractivity contribution is 7.99. The monoisotopic (exact) mass is 349 g/mol. The van der Waals surface area contributed by atoms with Crippen LogP contribution in [0, 0.1) is 19.7 Å². The minimum absolute atomic E-state index is 0.0911. The van der Waals surface area contributed by atoms with Gasteiger partial charge in [-0.2, -0.15) is 0 Å². The molecule has 126 valence electrons. The molecule has 0 aliphatic heterocycles. The van der Waals surface area contributed by atoms with Crippen LogP contribution < -0.4 is 5.32 Å². The largest absolute Gasteiger partial charge is 0.465 e. The standard InChI is InChI=1S/C16H16FN3O3S/c1-9-6-10(2)19-16(18-9)24-8-14(21)20-11-4-5-13(17)12(7-11)15(22)23-3/h4-7H,8H2,1-3H3,(H,20,21). The third-order valence-corrected chi connectivity index (χ3v) is 3.80. The van der Waals surface area contributed by atoms with Crippen molar-refractivity contribution in [2.45, 2.75) is 19.0 Å². The highest BCUT2D eigenvalue weighted by Crippen LogP contribution is 2.18. The van der Waals surface area contributed by atoms with Gasteiger partial charge < -0.3 is 10.1 Å². The number of halogens is 1. The third kappa shape index (κ3) is 4.76. The predicted molar refractivity (Wildman–Crippen MR) is 88.6 cm³/mol. The third-order valence-electron chi connectivity index (χ3n) is 2.95. The number of thioether (sulfide) groups is 1. The van der Waals surface area contributed by atoms with Crippen molar-refractivity contribution in [3.8, 4) is 0 Å². The van der Waals surface area contributed by atoms with Crippen LogP contribution in [0.15, 0.2) is 29.4 Å². The molecule has 0 atom stereocenters. The van der Waals surface area contributed by atoms with Crippen LogP contribution in [0.3, 0.4) is 0 Å². The van der Waals surface area contributed by atoms with Crippen LogP contribution in [0.1, 0.15) is 21.7 Å². The summed E-state index contributed by atoms with van der Waals surface area (Å²) >= 11 is 1.19. The number of carbonyl (C=O) groups is 2. The Labute approximate surface area is 142 Å². The number of amides is 1. The van der Waals surface area contributed by atoms with E-state index in [0.717, 1.165) is 24.6 Å². The Morgan fingerprint density at radius 3 is 2.50 bits per heavy atom. The Morgan fingerprint density at radius 1 is 1.21 bits per heavy atom. The van der Waals surface area contributed by atoms with Crippen LogP contribution in [0.25, 0.3) is 0 Å². The molecule has 1 N–H and O–H groups in total. The van der Waals surface area contributed by atoms with E-state index in [-0.39, 0.29) is 17.2 Å². The molecule has 8 heteroatoms. The van der Waals surface area contributed by atoms with E-state index in [0.29, 0.717) is 10.8 Å². The van der Waals surface area contributed by atoms with E-state index in [1.54, 1.807) is 0 Å². The summed E-state index contributed by atoms with van der Waals surface area (Å²) < 4.78 is 18.0. The van der Waals surface area contributed by atoms with E-state index in [2.05, 4.69) is 20.0 Å².